The van der Waals surface area contributed by atoms with Gasteiger partial charge in [-0.25, -0.2) is 0 Å². The Hall–Kier alpha value is -2.87. The number of rotatable bonds is 6. The fourth-order valence-electron chi connectivity index (χ4n) is 3.00. The molecule has 2 aromatic rings. The van der Waals surface area contributed by atoms with Crippen LogP contribution in [0.15, 0.2) is 34.7 Å². The molecule has 138 valence electrons. The minimum Gasteiger partial charge on any atom is -0.496 e. The average molecular weight is 359 g/mol. The first-order valence-corrected chi connectivity index (χ1v) is 8.51. The van der Waals surface area contributed by atoms with Crippen molar-refractivity contribution in [1.82, 2.24) is 4.90 Å². The summed E-state index contributed by atoms with van der Waals surface area (Å²) in [6.45, 7) is 2.72. The SMILES string of the molecule is COc1ccc(NC(=O)c2ccc(CN3CCCCC3)o2)c([N+](=O)[O-])c1. The molecular formula is C18H21N3O5. The third kappa shape index (κ3) is 4.20. The predicted octanol–water partition coefficient (Wildman–Crippen LogP) is 3.43. The number of carbonyl (C=O) groups is 1. The number of nitro benzene ring substituents is 1. The molecule has 2 heterocycles. The number of carbonyl (C=O) groups excluding carboxylic acids is 1. The van der Waals surface area contributed by atoms with E-state index in [1.807, 2.05) is 0 Å². The van der Waals surface area contributed by atoms with E-state index in [-0.39, 0.29) is 17.1 Å². The van der Waals surface area contributed by atoms with Crippen LogP contribution in [0.1, 0.15) is 35.6 Å². The zero-order valence-electron chi connectivity index (χ0n) is 14.6. The molecule has 1 amide bonds. The van der Waals surface area contributed by atoms with E-state index >= 15 is 0 Å². The van der Waals surface area contributed by atoms with E-state index in [4.69, 9.17) is 9.15 Å². The molecule has 1 aliphatic rings. The van der Waals surface area contributed by atoms with Gasteiger partial charge in [0.25, 0.3) is 11.6 Å². The molecule has 0 saturated carbocycles. The molecule has 0 atom stereocenters. The number of amides is 1. The van der Waals surface area contributed by atoms with Gasteiger partial charge in [0.1, 0.15) is 17.2 Å². The Morgan fingerprint density at radius 1 is 1.27 bits per heavy atom. The van der Waals surface area contributed by atoms with Crippen molar-refractivity contribution >= 4 is 17.3 Å². The number of hydrogen-bond donors (Lipinski definition) is 1. The number of anilines is 1. The van der Waals surface area contributed by atoms with Gasteiger partial charge in [-0.2, -0.15) is 0 Å². The number of piperidine rings is 1. The highest BCUT2D eigenvalue weighted by molar-refractivity contribution is 6.03. The molecule has 1 saturated heterocycles. The van der Waals surface area contributed by atoms with Gasteiger partial charge < -0.3 is 14.5 Å². The van der Waals surface area contributed by atoms with Crippen molar-refractivity contribution in [1.29, 1.82) is 0 Å². The van der Waals surface area contributed by atoms with E-state index in [9.17, 15) is 14.9 Å². The van der Waals surface area contributed by atoms with Gasteiger partial charge in [0, 0.05) is 0 Å². The quantitative estimate of drug-likeness (QED) is 0.627. The molecule has 0 aliphatic carbocycles. The molecule has 0 spiro atoms. The number of likely N-dealkylation sites (tertiary alicyclic amines) is 1. The normalized spacial score (nSPS) is 14.8. The molecule has 8 nitrogen and oxygen atoms in total. The minimum atomic E-state index is -0.567. The van der Waals surface area contributed by atoms with Crippen molar-refractivity contribution < 1.29 is 18.9 Å². The number of furan rings is 1. The van der Waals surface area contributed by atoms with Gasteiger partial charge in [0.15, 0.2) is 5.76 Å². The van der Waals surface area contributed by atoms with Crippen LogP contribution in [0.5, 0.6) is 5.75 Å². The Bertz CT molecular complexity index is 796. The number of nitrogens with zero attached hydrogens (tertiary/aromatic N) is 2. The van der Waals surface area contributed by atoms with E-state index in [1.165, 1.54) is 38.5 Å². The first-order chi connectivity index (χ1) is 12.6. The summed E-state index contributed by atoms with van der Waals surface area (Å²) in [7, 11) is 1.42. The van der Waals surface area contributed by atoms with Crippen LogP contribution < -0.4 is 10.1 Å². The van der Waals surface area contributed by atoms with Gasteiger partial charge in [0.2, 0.25) is 0 Å². The van der Waals surface area contributed by atoms with E-state index in [0.29, 0.717) is 18.1 Å². The van der Waals surface area contributed by atoms with E-state index < -0.39 is 10.8 Å². The Labute approximate surface area is 150 Å². The molecule has 0 unspecified atom stereocenters. The summed E-state index contributed by atoms with van der Waals surface area (Å²) < 4.78 is 10.6. The lowest BCUT2D eigenvalue weighted by Crippen LogP contribution is -2.28. The molecular weight excluding hydrogens is 338 g/mol. The number of hydrogen-bond acceptors (Lipinski definition) is 6. The fourth-order valence-corrected chi connectivity index (χ4v) is 3.00. The van der Waals surface area contributed by atoms with Gasteiger partial charge in [-0.1, -0.05) is 6.42 Å². The molecule has 1 fully saturated rings. The van der Waals surface area contributed by atoms with Crippen molar-refractivity contribution in [2.75, 3.05) is 25.5 Å². The van der Waals surface area contributed by atoms with Gasteiger partial charge >= 0.3 is 0 Å². The molecule has 26 heavy (non-hydrogen) atoms. The smallest absolute Gasteiger partial charge is 0.296 e. The van der Waals surface area contributed by atoms with Crippen LogP contribution >= 0.6 is 0 Å². The largest absolute Gasteiger partial charge is 0.496 e. The Morgan fingerprint density at radius 2 is 2.04 bits per heavy atom. The highest BCUT2D eigenvalue weighted by Crippen LogP contribution is 2.29. The molecule has 8 heteroatoms. The zero-order valence-corrected chi connectivity index (χ0v) is 14.6. The second-order valence-corrected chi connectivity index (χ2v) is 6.20. The lowest BCUT2D eigenvalue weighted by Gasteiger charge is -2.25. The molecule has 1 aromatic heterocycles. The van der Waals surface area contributed by atoms with Gasteiger partial charge in [-0.05, 0) is 50.2 Å². The predicted molar refractivity (Wildman–Crippen MR) is 95.4 cm³/mol. The standard InChI is InChI=1S/C18H21N3O5/c1-25-13-5-7-15(16(11-13)21(23)24)19-18(22)17-8-6-14(26-17)12-20-9-3-2-4-10-20/h5-8,11H,2-4,9-10,12H2,1H3,(H,19,22). The van der Waals surface area contributed by atoms with E-state index in [2.05, 4.69) is 10.2 Å². The van der Waals surface area contributed by atoms with Crippen LogP contribution in [0.2, 0.25) is 0 Å². The highest BCUT2D eigenvalue weighted by Gasteiger charge is 2.20. The maximum atomic E-state index is 12.4. The Kier molecular flexibility index (Phi) is 5.52. The molecule has 1 aromatic carbocycles. The summed E-state index contributed by atoms with van der Waals surface area (Å²) in [6, 6.07) is 7.61. The Morgan fingerprint density at radius 3 is 2.73 bits per heavy atom. The van der Waals surface area contributed by atoms with Crippen molar-refractivity contribution in [3.63, 3.8) is 0 Å². The van der Waals surface area contributed by atoms with Crippen LogP contribution in [0.4, 0.5) is 11.4 Å². The van der Waals surface area contributed by atoms with Crippen molar-refractivity contribution in [2.24, 2.45) is 0 Å². The maximum Gasteiger partial charge on any atom is 0.296 e. The van der Waals surface area contributed by atoms with E-state index in [1.54, 1.807) is 18.2 Å². The van der Waals surface area contributed by atoms with Gasteiger partial charge in [-0.3, -0.25) is 19.8 Å². The Balaban J connectivity index is 1.69. The summed E-state index contributed by atoms with van der Waals surface area (Å²) in [5.74, 6) is 0.656. The molecule has 0 bridgehead atoms. The highest BCUT2D eigenvalue weighted by atomic mass is 16.6. The summed E-state index contributed by atoms with van der Waals surface area (Å²) >= 11 is 0. The number of nitro groups is 1. The lowest BCUT2D eigenvalue weighted by atomic mass is 10.1. The third-order valence-corrected chi connectivity index (χ3v) is 4.36. The van der Waals surface area contributed by atoms with Crippen molar-refractivity contribution in [3.8, 4) is 5.75 Å². The van der Waals surface area contributed by atoms with Crippen LogP contribution in [-0.2, 0) is 6.54 Å². The van der Waals surface area contributed by atoms with Crippen molar-refractivity contribution in [3.05, 3.63) is 52.0 Å². The number of ether oxygens (including phenoxy) is 1. The zero-order chi connectivity index (χ0) is 18.5. The minimum absolute atomic E-state index is 0.0924. The average Bonchev–Trinajstić information content (AvgIpc) is 3.11. The maximum absolute atomic E-state index is 12.4. The molecule has 0 radical (unpaired) electrons. The van der Waals surface area contributed by atoms with Crippen molar-refractivity contribution in [2.45, 2.75) is 25.8 Å². The van der Waals surface area contributed by atoms with Crippen LogP contribution in [0, 0.1) is 10.1 Å². The fraction of sp³-hybridized carbons (Fsp3) is 0.389. The number of nitrogens with one attached hydrogen (secondary N) is 1. The molecule has 3 rings (SSSR count). The van der Waals surface area contributed by atoms with Gasteiger partial charge in [0.05, 0.1) is 24.6 Å². The second kappa shape index (κ2) is 8.01. The van der Waals surface area contributed by atoms with Crippen LogP contribution in [0.3, 0.4) is 0 Å². The van der Waals surface area contributed by atoms with E-state index in [0.717, 1.165) is 13.1 Å². The van der Waals surface area contributed by atoms with Gasteiger partial charge in [-0.15, -0.1) is 0 Å². The lowest BCUT2D eigenvalue weighted by molar-refractivity contribution is -0.384. The molecule has 1 aliphatic heterocycles. The summed E-state index contributed by atoms with van der Waals surface area (Å²) in [5, 5.41) is 13.7. The summed E-state index contributed by atoms with van der Waals surface area (Å²) in [6.07, 6.45) is 3.60. The number of benzene rings is 1. The number of methoxy groups -OCH3 is 1. The second-order valence-electron chi connectivity index (χ2n) is 6.20. The van der Waals surface area contributed by atoms with Crippen LogP contribution in [0.25, 0.3) is 0 Å². The van der Waals surface area contributed by atoms with Crippen LogP contribution in [-0.4, -0.2) is 35.9 Å². The summed E-state index contributed by atoms with van der Waals surface area (Å²) in [4.78, 5) is 25.3. The topological polar surface area (TPSA) is 97.8 Å². The molecule has 1 N–H and O–H groups in total. The monoisotopic (exact) mass is 359 g/mol. The first-order valence-electron chi connectivity index (χ1n) is 8.51. The first kappa shape index (κ1) is 17.9. The summed E-state index contributed by atoms with van der Waals surface area (Å²) in [5.41, 5.74) is -0.146. The third-order valence-electron chi connectivity index (χ3n) is 4.36.